The van der Waals surface area contributed by atoms with Crippen LogP contribution in [0.1, 0.15) is 131 Å². The summed E-state index contributed by atoms with van der Waals surface area (Å²) in [7, 11) is 1.92. The number of allylic oxidation sites excluding steroid dienone is 1. The van der Waals surface area contributed by atoms with Crippen LogP contribution < -0.4 is 11.1 Å². The summed E-state index contributed by atoms with van der Waals surface area (Å²) in [4.78, 5) is 12.9. The van der Waals surface area contributed by atoms with Crippen LogP contribution in [-0.4, -0.2) is 43.5 Å². The van der Waals surface area contributed by atoms with Crippen LogP contribution in [0.2, 0.25) is 0 Å². The van der Waals surface area contributed by atoms with Gasteiger partial charge >= 0.3 is 0 Å². The predicted molar refractivity (Wildman–Crippen MR) is 242 cm³/mol. The standard InChI is InChI=1S/C16H18S.C10H16N2O.C9H21NO.C8H11N.C4H8/c1-10-6-8-15(9-7-10)12(3)16-11(2)13(4)17-14(16)5;1-5-9(3)11-12-10(4)8(2)6-7-13;1-8(2,3)7-11-9(4,5)6-10;1-7-3-5-8(9-2)6-4-7;1-2-4-3-1/h6-9H,3H2,1-2,4-5H3;7H,2,5-6H2,1,3-4H3;6-7,10H2,1-5H3;3-6,9H,1-2H3;1-4H2/b;11-9-,12-10+;;;. The first-order chi connectivity index (χ1) is 25.2. The third-order valence-corrected chi connectivity index (χ3v) is 9.84. The summed E-state index contributed by atoms with van der Waals surface area (Å²) >= 11 is 1.86. The largest absolute Gasteiger partial charge is 0.388 e. The number of nitrogens with zero attached hydrogens (tertiary/aromatic N) is 2. The van der Waals surface area contributed by atoms with Gasteiger partial charge in [0, 0.05) is 41.2 Å². The molecule has 1 saturated carbocycles. The third-order valence-electron chi connectivity index (χ3n) is 8.71. The molecular formula is C47H74N4O2S. The molecule has 3 N–H and O–H groups in total. The average molecular weight is 759 g/mol. The van der Waals surface area contributed by atoms with Gasteiger partial charge in [0.15, 0.2) is 0 Å². The van der Waals surface area contributed by atoms with E-state index >= 15 is 0 Å². The second-order valence-electron chi connectivity index (χ2n) is 15.8. The van der Waals surface area contributed by atoms with Crippen molar-refractivity contribution in [1.82, 2.24) is 0 Å². The highest BCUT2D eigenvalue weighted by Gasteiger charge is 2.20. The van der Waals surface area contributed by atoms with Gasteiger partial charge in [-0.15, -0.1) is 11.3 Å². The van der Waals surface area contributed by atoms with E-state index in [1.54, 1.807) is 6.92 Å². The quantitative estimate of drug-likeness (QED) is 0.116. The maximum absolute atomic E-state index is 10.2. The number of aryl methyl sites for hydroxylation is 4. The molecule has 0 unspecified atom stereocenters. The number of rotatable bonds is 11. The smallest absolute Gasteiger partial charge is 0.124 e. The molecule has 0 amide bonds. The molecular weight excluding hydrogens is 685 g/mol. The van der Waals surface area contributed by atoms with Gasteiger partial charge < -0.3 is 20.6 Å². The molecule has 1 aliphatic carbocycles. The summed E-state index contributed by atoms with van der Waals surface area (Å²) in [6, 6.07) is 16.9. The van der Waals surface area contributed by atoms with Gasteiger partial charge in [-0.1, -0.05) is 114 Å². The number of thiophene rings is 1. The molecule has 7 heteroatoms. The molecule has 300 valence electrons. The zero-order chi connectivity index (χ0) is 41.5. The number of ether oxygens (including phenoxy) is 1. The van der Waals surface area contributed by atoms with Crippen molar-refractivity contribution in [2.24, 2.45) is 21.4 Å². The van der Waals surface area contributed by atoms with Gasteiger partial charge in [-0.2, -0.15) is 10.2 Å². The lowest BCUT2D eigenvalue weighted by molar-refractivity contribution is -0.107. The zero-order valence-corrected chi connectivity index (χ0v) is 37.3. The van der Waals surface area contributed by atoms with E-state index in [2.05, 4.69) is 133 Å². The van der Waals surface area contributed by atoms with Crippen LogP contribution in [0.15, 0.2) is 77.5 Å². The van der Waals surface area contributed by atoms with E-state index in [0.29, 0.717) is 13.0 Å². The maximum atomic E-state index is 10.2. The summed E-state index contributed by atoms with van der Waals surface area (Å²) in [6.07, 6.45) is 8.03. The molecule has 1 heterocycles. The minimum atomic E-state index is -0.173. The Kier molecular flexibility index (Phi) is 24.4. The van der Waals surface area contributed by atoms with Crippen molar-refractivity contribution in [3.63, 3.8) is 0 Å². The molecule has 1 aliphatic rings. The third kappa shape index (κ3) is 21.9. The van der Waals surface area contributed by atoms with Crippen LogP contribution in [-0.2, 0) is 9.53 Å². The van der Waals surface area contributed by atoms with Gasteiger partial charge in [0.25, 0.3) is 0 Å². The molecule has 0 atom stereocenters. The van der Waals surface area contributed by atoms with Gasteiger partial charge in [0.05, 0.1) is 17.9 Å². The topological polar surface area (TPSA) is 89.1 Å². The second kappa shape index (κ2) is 26.2. The van der Waals surface area contributed by atoms with Crippen LogP contribution in [0.3, 0.4) is 0 Å². The highest BCUT2D eigenvalue weighted by Crippen LogP contribution is 2.34. The van der Waals surface area contributed by atoms with E-state index in [9.17, 15) is 4.79 Å². The van der Waals surface area contributed by atoms with Crippen molar-refractivity contribution in [3.05, 3.63) is 105 Å². The Hall–Kier alpha value is -3.65. The van der Waals surface area contributed by atoms with Crippen LogP contribution in [0.4, 0.5) is 5.69 Å². The first-order valence-electron chi connectivity index (χ1n) is 19.3. The van der Waals surface area contributed by atoms with Gasteiger partial charge in [-0.25, -0.2) is 0 Å². The van der Waals surface area contributed by atoms with Crippen molar-refractivity contribution < 1.29 is 9.53 Å². The van der Waals surface area contributed by atoms with E-state index in [1.807, 2.05) is 46.1 Å². The first-order valence-corrected chi connectivity index (χ1v) is 20.1. The highest BCUT2D eigenvalue weighted by molar-refractivity contribution is 7.12. The summed E-state index contributed by atoms with van der Waals surface area (Å²) < 4.78 is 5.62. The number of hydrogen-bond acceptors (Lipinski definition) is 7. The SMILES string of the molecule is C1CCC1.C=C(CC=O)/C(C)=N/N=C(/C)CC.C=C(c1ccc(C)cc1)c1c(C)sc(C)c1C.CC(C)(C)COC(C)(C)CN.CNc1ccc(C)cc1. The number of nitrogens with one attached hydrogen (secondary N) is 1. The molecule has 0 radical (unpaired) electrons. The van der Waals surface area contributed by atoms with Crippen molar-refractivity contribution in [2.75, 3.05) is 25.5 Å². The molecule has 54 heavy (non-hydrogen) atoms. The van der Waals surface area contributed by atoms with Gasteiger partial charge in [0.1, 0.15) is 6.29 Å². The fourth-order valence-electron chi connectivity index (χ4n) is 4.13. The first kappa shape index (κ1) is 50.4. The Morgan fingerprint density at radius 1 is 0.852 bits per heavy atom. The average Bonchev–Trinajstić information content (AvgIpc) is 3.36. The lowest BCUT2D eigenvalue weighted by atomic mass is 9.96. The fraction of sp³-hybridized carbons (Fsp3) is 0.511. The second-order valence-corrected chi connectivity index (χ2v) is 17.2. The fourth-order valence-corrected chi connectivity index (χ4v) is 5.22. The number of carbonyl (C=O) groups is 1. The van der Waals surface area contributed by atoms with Gasteiger partial charge in [-0.3, -0.25) is 0 Å². The highest BCUT2D eigenvalue weighted by atomic mass is 32.1. The number of aldehydes is 1. The minimum Gasteiger partial charge on any atom is -0.388 e. The minimum absolute atomic E-state index is 0.173. The number of carbonyl (C=O) groups excluding carboxylic acids is 1. The van der Waals surface area contributed by atoms with E-state index in [0.717, 1.165) is 41.9 Å². The van der Waals surface area contributed by atoms with Crippen molar-refractivity contribution in [1.29, 1.82) is 0 Å². The molecule has 3 aromatic rings. The van der Waals surface area contributed by atoms with E-state index in [-0.39, 0.29) is 11.0 Å². The van der Waals surface area contributed by atoms with Gasteiger partial charge in [0.2, 0.25) is 0 Å². The van der Waals surface area contributed by atoms with E-state index in [1.165, 1.54) is 68.9 Å². The maximum Gasteiger partial charge on any atom is 0.124 e. The summed E-state index contributed by atoms with van der Waals surface area (Å²) in [5.74, 6) is 0. The normalized spacial score (nSPS) is 12.5. The number of nitrogens with two attached hydrogens (primary N) is 1. The summed E-state index contributed by atoms with van der Waals surface area (Å²) in [5, 5.41) is 11.0. The summed E-state index contributed by atoms with van der Waals surface area (Å²) in [5.41, 5.74) is 16.8. The van der Waals surface area contributed by atoms with Crippen molar-refractivity contribution >= 4 is 40.3 Å². The lowest BCUT2D eigenvalue weighted by Crippen LogP contribution is -2.36. The molecule has 6 nitrogen and oxygen atoms in total. The van der Waals surface area contributed by atoms with E-state index in [4.69, 9.17) is 10.5 Å². The summed E-state index contributed by atoms with van der Waals surface area (Å²) in [6.45, 7) is 36.3. The molecule has 4 rings (SSSR count). The Labute approximate surface area is 334 Å². The monoisotopic (exact) mass is 759 g/mol. The van der Waals surface area contributed by atoms with Crippen molar-refractivity contribution in [3.8, 4) is 0 Å². The number of anilines is 1. The van der Waals surface area contributed by atoms with Crippen LogP contribution in [0.25, 0.3) is 5.57 Å². The molecule has 0 aliphatic heterocycles. The van der Waals surface area contributed by atoms with Crippen LogP contribution in [0, 0.1) is 40.0 Å². The molecule has 0 spiro atoms. The van der Waals surface area contributed by atoms with Crippen molar-refractivity contribution in [2.45, 2.75) is 134 Å². The Morgan fingerprint density at radius 2 is 1.35 bits per heavy atom. The Bertz CT molecular complexity index is 1600. The lowest BCUT2D eigenvalue weighted by Gasteiger charge is -2.28. The Morgan fingerprint density at radius 3 is 1.72 bits per heavy atom. The van der Waals surface area contributed by atoms with Crippen LogP contribution in [0.5, 0.6) is 0 Å². The Balaban J connectivity index is 0.000000685. The molecule has 1 fully saturated rings. The molecule has 2 aromatic carbocycles. The number of benzene rings is 2. The zero-order valence-electron chi connectivity index (χ0n) is 36.5. The predicted octanol–water partition coefficient (Wildman–Crippen LogP) is 12.8. The van der Waals surface area contributed by atoms with E-state index < -0.39 is 0 Å². The van der Waals surface area contributed by atoms with Crippen LogP contribution >= 0.6 is 11.3 Å². The molecule has 0 saturated heterocycles. The number of hydrogen-bond donors (Lipinski definition) is 2. The molecule has 1 aromatic heterocycles. The molecule has 0 bridgehead atoms. The van der Waals surface area contributed by atoms with Gasteiger partial charge in [-0.05, 0) is 114 Å².